The molecule has 1 atom stereocenters. The quantitative estimate of drug-likeness (QED) is 0.211. The summed E-state index contributed by atoms with van der Waals surface area (Å²) in [5.41, 5.74) is 1.43. The molecule has 0 bridgehead atoms. The monoisotopic (exact) mass is 384 g/mol. The SMILES string of the molecule is Cc1ccc[n+]([C@@H](C(=O)c2ccccc2Cl)C([S-])=NCc2ccco2)c1. The number of hydrogen-bond acceptors (Lipinski definition) is 4. The van der Waals surface area contributed by atoms with Crippen LogP contribution in [-0.4, -0.2) is 10.8 Å². The minimum Gasteiger partial charge on any atom is -0.758 e. The average molecular weight is 385 g/mol. The number of furan rings is 1. The van der Waals surface area contributed by atoms with Crippen molar-refractivity contribution in [3.63, 3.8) is 0 Å². The van der Waals surface area contributed by atoms with E-state index in [1.807, 2.05) is 31.3 Å². The summed E-state index contributed by atoms with van der Waals surface area (Å²) in [6, 6.07) is 13.6. The van der Waals surface area contributed by atoms with Crippen LogP contribution < -0.4 is 4.57 Å². The van der Waals surface area contributed by atoms with Gasteiger partial charge in [0.25, 0.3) is 0 Å². The zero-order chi connectivity index (χ0) is 18.5. The highest BCUT2D eigenvalue weighted by Gasteiger charge is 2.29. The van der Waals surface area contributed by atoms with Crippen molar-refractivity contribution in [1.82, 2.24) is 0 Å². The zero-order valence-corrected chi connectivity index (χ0v) is 15.7. The Morgan fingerprint density at radius 3 is 2.73 bits per heavy atom. The largest absolute Gasteiger partial charge is 0.758 e. The Bertz CT molecular complexity index is 938. The van der Waals surface area contributed by atoms with Crippen LogP contribution in [0.1, 0.15) is 27.7 Å². The fraction of sp³-hybridized carbons (Fsp3) is 0.150. The molecule has 0 aliphatic heterocycles. The van der Waals surface area contributed by atoms with Gasteiger partial charge < -0.3 is 22.0 Å². The Hall–Kier alpha value is -2.50. The number of ketones is 1. The van der Waals surface area contributed by atoms with Gasteiger partial charge in [-0.15, -0.1) is 0 Å². The van der Waals surface area contributed by atoms with Gasteiger partial charge in [-0.3, -0.25) is 4.79 Å². The van der Waals surface area contributed by atoms with Crippen molar-refractivity contribution < 1.29 is 13.8 Å². The van der Waals surface area contributed by atoms with Crippen molar-refractivity contribution in [2.24, 2.45) is 4.99 Å². The lowest BCUT2D eigenvalue weighted by molar-refractivity contribution is -0.692. The van der Waals surface area contributed by atoms with E-state index in [-0.39, 0.29) is 17.4 Å². The van der Waals surface area contributed by atoms with Gasteiger partial charge in [0.05, 0.1) is 17.8 Å². The Labute approximate surface area is 162 Å². The molecule has 3 aromatic rings. The van der Waals surface area contributed by atoms with Gasteiger partial charge >= 0.3 is 0 Å². The average Bonchev–Trinajstić information content (AvgIpc) is 3.14. The van der Waals surface area contributed by atoms with Crippen molar-refractivity contribution in [2.45, 2.75) is 19.5 Å². The van der Waals surface area contributed by atoms with Gasteiger partial charge in [-0.25, -0.2) is 0 Å². The highest BCUT2D eigenvalue weighted by Crippen LogP contribution is 2.20. The second-order valence-electron chi connectivity index (χ2n) is 5.81. The van der Waals surface area contributed by atoms with E-state index in [0.717, 1.165) is 5.56 Å². The molecule has 0 N–H and O–H groups in total. The van der Waals surface area contributed by atoms with E-state index >= 15 is 0 Å². The predicted octanol–water partition coefficient (Wildman–Crippen LogP) is 4.10. The number of aliphatic imine (C=N–C) groups is 1. The smallest absolute Gasteiger partial charge is 0.237 e. The number of Topliss-reactive ketones (excluding diaryl/α,β-unsaturated/α-hetero) is 1. The van der Waals surface area contributed by atoms with Crippen LogP contribution in [-0.2, 0) is 19.2 Å². The van der Waals surface area contributed by atoms with Gasteiger partial charge in [-0.2, -0.15) is 4.57 Å². The second-order valence-corrected chi connectivity index (χ2v) is 6.63. The minimum absolute atomic E-state index is 0.195. The lowest BCUT2D eigenvalue weighted by Gasteiger charge is -2.19. The molecule has 0 unspecified atom stereocenters. The molecule has 3 rings (SSSR count). The number of carbonyl (C=O) groups excluding carboxylic acids is 1. The van der Waals surface area contributed by atoms with Crippen LogP contribution in [0.3, 0.4) is 0 Å². The summed E-state index contributed by atoms with van der Waals surface area (Å²) in [5, 5.41) is 0.673. The number of benzene rings is 1. The molecule has 2 heterocycles. The van der Waals surface area contributed by atoms with Crippen molar-refractivity contribution in [2.75, 3.05) is 0 Å². The van der Waals surface area contributed by atoms with Crippen LogP contribution in [0.25, 0.3) is 0 Å². The molecule has 0 aliphatic carbocycles. The summed E-state index contributed by atoms with van der Waals surface area (Å²) in [4.78, 5) is 17.6. The molecule has 0 saturated carbocycles. The molecule has 1 aromatic carbocycles. The lowest BCUT2D eigenvalue weighted by Crippen LogP contribution is -2.48. The van der Waals surface area contributed by atoms with Crippen molar-refractivity contribution >= 4 is 35.1 Å². The molecule has 0 aliphatic rings. The summed E-state index contributed by atoms with van der Waals surface area (Å²) >= 11 is 11.7. The molecule has 0 radical (unpaired) electrons. The minimum atomic E-state index is -0.750. The second kappa shape index (κ2) is 8.25. The van der Waals surface area contributed by atoms with Gasteiger partial charge in [0.2, 0.25) is 11.8 Å². The number of hydrogen-bond donors (Lipinski definition) is 0. The first-order valence-corrected chi connectivity index (χ1v) is 8.85. The number of nitrogens with zero attached hydrogens (tertiary/aromatic N) is 2. The van der Waals surface area contributed by atoms with Gasteiger partial charge in [0.1, 0.15) is 5.76 Å². The molecule has 0 saturated heterocycles. The van der Waals surface area contributed by atoms with Crippen molar-refractivity contribution in [3.8, 4) is 0 Å². The summed E-state index contributed by atoms with van der Waals surface area (Å²) < 4.78 is 7.06. The number of aromatic nitrogens is 1. The molecule has 0 amide bonds. The predicted molar refractivity (Wildman–Crippen MR) is 103 cm³/mol. The van der Waals surface area contributed by atoms with Gasteiger partial charge in [0, 0.05) is 17.2 Å². The van der Waals surface area contributed by atoms with Crippen LogP contribution in [0.5, 0.6) is 0 Å². The third-order valence-electron chi connectivity index (χ3n) is 3.86. The van der Waals surface area contributed by atoms with E-state index in [4.69, 9.17) is 28.6 Å². The Morgan fingerprint density at radius 2 is 2.04 bits per heavy atom. The standard InChI is InChI=1S/C20H17ClN2O2S/c1-14-6-4-10-23(13-14)18(19(24)16-8-2-3-9-17(16)21)20(26)22-12-15-7-5-11-25-15/h2-11,13,18H,12H2,1H3/t18-/m0/s1. The summed E-state index contributed by atoms with van der Waals surface area (Å²) in [7, 11) is 0. The summed E-state index contributed by atoms with van der Waals surface area (Å²) in [6.45, 7) is 2.24. The number of rotatable bonds is 6. The number of carbonyl (C=O) groups is 1. The zero-order valence-electron chi connectivity index (χ0n) is 14.1. The first kappa shape index (κ1) is 18.3. The van der Waals surface area contributed by atoms with E-state index in [9.17, 15) is 4.79 Å². The highest BCUT2D eigenvalue weighted by atomic mass is 35.5. The summed E-state index contributed by atoms with van der Waals surface area (Å²) in [6.07, 6.45) is 5.25. The van der Waals surface area contributed by atoms with Crippen LogP contribution >= 0.6 is 11.6 Å². The topological polar surface area (TPSA) is 46.5 Å². The highest BCUT2D eigenvalue weighted by molar-refractivity contribution is 7.77. The maximum absolute atomic E-state index is 13.2. The molecule has 2 aromatic heterocycles. The van der Waals surface area contributed by atoms with Crippen LogP contribution in [0.4, 0.5) is 0 Å². The van der Waals surface area contributed by atoms with Crippen LogP contribution in [0.2, 0.25) is 5.02 Å². The lowest BCUT2D eigenvalue weighted by atomic mass is 10.0. The maximum Gasteiger partial charge on any atom is 0.237 e. The Kier molecular flexibility index (Phi) is 5.81. The molecule has 6 heteroatoms. The van der Waals surface area contributed by atoms with Gasteiger partial charge in [0.15, 0.2) is 12.4 Å². The molecular weight excluding hydrogens is 368 g/mol. The van der Waals surface area contributed by atoms with Crippen molar-refractivity contribution in [1.29, 1.82) is 0 Å². The number of halogens is 1. The van der Waals surface area contributed by atoms with E-state index in [0.29, 0.717) is 16.3 Å². The Balaban J connectivity index is 2.00. The Morgan fingerprint density at radius 1 is 1.23 bits per heavy atom. The normalized spacial score (nSPS) is 12.8. The molecule has 0 fully saturated rings. The number of pyridine rings is 1. The fourth-order valence-electron chi connectivity index (χ4n) is 2.60. The number of aryl methyl sites for hydroxylation is 1. The van der Waals surface area contributed by atoms with E-state index in [1.54, 1.807) is 47.4 Å². The van der Waals surface area contributed by atoms with Crippen LogP contribution in [0, 0.1) is 6.92 Å². The van der Waals surface area contributed by atoms with E-state index < -0.39 is 6.04 Å². The third-order valence-corrected chi connectivity index (χ3v) is 4.54. The summed E-state index contributed by atoms with van der Waals surface area (Å²) in [5.74, 6) is 0.491. The third kappa shape index (κ3) is 4.18. The molecule has 4 nitrogen and oxygen atoms in total. The fourth-order valence-corrected chi connectivity index (χ4v) is 3.13. The first-order chi connectivity index (χ1) is 12.6. The maximum atomic E-state index is 13.2. The van der Waals surface area contributed by atoms with Gasteiger partial charge in [-0.05, 0) is 42.3 Å². The molecular formula is C20H17ClN2O2S. The van der Waals surface area contributed by atoms with Crippen molar-refractivity contribution in [3.05, 3.63) is 89.1 Å². The molecule has 132 valence electrons. The molecule has 26 heavy (non-hydrogen) atoms. The van der Waals surface area contributed by atoms with Crippen LogP contribution in [0.15, 0.2) is 76.6 Å². The first-order valence-electron chi connectivity index (χ1n) is 8.06. The van der Waals surface area contributed by atoms with Gasteiger partial charge in [-0.1, -0.05) is 23.7 Å². The molecule has 0 spiro atoms. The van der Waals surface area contributed by atoms with E-state index in [1.165, 1.54) is 0 Å². The van der Waals surface area contributed by atoms with E-state index in [2.05, 4.69) is 4.99 Å².